The van der Waals surface area contributed by atoms with Crippen molar-refractivity contribution >= 4 is 17.8 Å². The molecule has 26 heavy (non-hydrogen) atoms. The second-order valence-electron chi connectivity index (χ2n) is 6.57. The first-order valence-corrected chi connectivity index (χ1v) is 8.42. The number of imide groups is 1. The lowest BCUT2D eigenvalue weighted by Crippen LogP contribution is -2.43. The molecule has 0 spiro atoms. The summed E-state index contributed by atoms with van der Waals surface area (Å²) < 4.78 is 0. The van der Waals surface area contributed by atoms with Gasteiger partial charge in [0.1, 0.15) is 12.1 Å². The first kappa shape index (κ1) is 17.7. The van der Waals surface area contributed by atoms with E-state index in [1.807, 2.05) is 37.3 Å². The minimum absolute atomic E-state index is 0.307. The fourth-order valence-electron chi connectivity index (χ4n) is 2.91. The molecule has 2 N–H and O–H groups in total. The van der Waals surface area contributed by atoms with E-state index >= 15 is 0 Å². The summed E-state index contributed by atoms with van der Waals surface area (Å²) in [6.45, 7) is 3.67. The Morgan fingerprint density at radius 2 is 1.73 bits per heavy atom. The highest BCUT2D eigenvalue weighted by molar-refractivity contribution is 6.09. The van der Waals surface area contributed by atoms with Crippen LogP contribution in [0, 0.1) is 6.92 Å². The van der Waals surface area contributed by atoms with Crippen LogP contribution in [0.25, 0.3) is 0 Å². The van der Waals surface area contributed by atoms with Gasteiger partial charge in [-0.3, -0.25) is 14.5 Å². The number of amides is 4. The lowest BCUT2D eigenvalue weighted by molar-refractivity contribution is -0.134. The third-order valence-corrected chi connectivity index (χ3v) is 4.54. The SMILES string of the molecule is Cc1ccc(CNC(=O)CN2C(=O)NC(C)(c3ccccc3)C2=O)cc1. The average Bonchev–Trinajstić information content (AvgIpc) is 2.86. The number of carbonyl (C=O) groups is 3. The molecule has 0 radical (unpaired) electrons. The number of hydrogen-bond donors (Lipinski definition) is 2. The molecule has 1 atom stereocenters. The second-order valence-corrected chi connectivity index (χ2v) is 6.57. The summed E-state index contributed by atoms with van der Waals surface area (Å²) in [6.07, 6.45) is 0. The van der Waals surface area contributed by atoms with E-state index < -0.39 is 17.5 Å². The molecule has 2 aromatic carbocycles. The number of benzene rings is 2. The summed E-state index contributed by atoms with van der Waals surface area (Å²) in [6, 6.07) is 16.2. The fraction of sp³-hybridized carbons (Fsp3) is 0.250. The molecular formula is C20H21N3O3. The number of aryl methyl sites for hydroxylation is 1. The van der Waals surface area contributed by atoms with Gasteiger partial charge in [0.25, 0.3) is 5.91 Å². The summed E-state index contributed by atoms with van der Waals surface area (Å²) in [5.41, 5.74) is 1.62. The van der Waals surface area contributed by atoms with Gasteiger partial charge in [-0.05, 0) is 25.0 Å². The van der Waals surface area contributed by atoms with Gasteiger partial charge >= 0.3 is 6.03 Å². The molecule has 0 aromatic heterocycles. The van der Waals surface area contributed by atoms with E-state index in [4.69, 9.17) is 0 Å². The summed E-state index contributed by atoms with van der Waals surface area (Å²) >= 11 is 0. The third kappa shape index (κ3) is 3.44. The first-order valence-electron chi connectivity index (χ1n) is 8.42. The van der Waals surface area contributed by atoms with Gasteiger partial charge in [0.15, 0.2) is 0 Å². The van der Waals surface area contributed by atoms with Gasteiger partial charge in [0.2, 0.25) is 5.91 Å². The van der Waals surface area contributed by atoms with Crippen LogP contribution in [0.5, 0.6) is 0 Å². The van der Waals surface area contributed by atoms with E-state index in [1.54, 1.807) is 31.2 Å². The Kier molecular flexibility index (Phi) is 4.75. The normalized spacial score (nSPS) is 19.4. The number of carbonyl (C=O) groups excluding carboxylic acids is 3. The number of rotatable bonds is 5. The molecule has 134 valence electrons. The van der Waals surface area contributed by atoms with Gasteiger partial charge in [-0.25, -0.2) is 4.79 Å². The molecular weight excluding hydrogens is 330 g/mol. The van der Waals surface area contributed by atoms with Gasteiger partial charge in [-0.2, -0.15) is 0 Å². The molecule has 1 saturated heterocycles. The average molecular weight is 351 g/mol. The number of urea groups is 1. The van der Waals surface area contributed by atoms with E-state index in [0.717, 1.165) is 16.0 Å². The predicted molar refractivity (Wildman–Crippen MR) is 97.1 cm³/mol. The van der Waals surface area contributed by atoms with E-state index in [2.05, 4.69) is 10.6 Å². The van der Waals surface area contributed by atoms with Crippen LogP contribution in [-0.2, 0) is 21.7 Å². The maximum absolute atomic E-state index is 12.7. The van der Waals surface area contributed by atoms with Crippen molar-refractivity contribution in [1.82, 2.24) is 15.5 Å². The molecule has 1 aliphatic rings. The van der Waals surface area contributed by atoms with Crippen LogP contribution in [0.2, 0.25) is 0 Å². The van der Waals surface area contributed by atoms with E-state index in [0.29, 0.717) is 12.1 Å². The zero-order valence-electron chi connectivity index (χ0n) is 14.8. The topological polar surface area (TPSA) is 78.5 Å². The van der Waals surface area contributed by atoms with Crippen molar-refractivity contribution in [3.8, 4) is 0 Å². The van der Waals surface area contributed by atoms with E-state index in [9.17, 15) is 14.4 Å². The van der Waals surface area contributed by atoms with E-state index in [1.165, 1.54) is 0 Å². The first-order chi connectivity index (χ1) is 12.4. The van der Waals surface area contributed by atoms with Crippen LogP contribution >= 0.6 is 0 Å². The number of hydrogen-bond acceptors (Lipinski definition) is 3. The van der Waals surface area contributed by atoms with Gasteiger partial charge in [-0.15, -0.1) is 0 Å². The van der Waals surface area contributed by atoms with Crippen LogP contribution in [0.4, 0.5) is 4.79 Å². The monoisotopic (exact) mass is 351 g/mol. The van der Waals surface area contributed by atoms with Gasteiger partial charge in [-0.1, -0.05) is 60.2 Å². The number of nitrogens with zero attached hydrogens (tertiary/aromatic N) is 1. The predicted octanol–water partition coefficient (Wildman–Crippen LogP) is 2.08. The quantitative estimate of drug-likeness (QED) is 0.810. The Bertz CT molecular complexity index is 833. The largest absolute Gasteiger partial charge is 0.350 e. The number of nitrogens with one attached hydrogen (secondary N) is 2. The highest BCUT2D eigenvalue weighted by Gasteiger charge is 2.49. The van der Waals surface area contributed by atoms with Crippen LogP contribution in [-0.4, -0.2) is 29.3 Å². The Hall–Kier alpha value is -3.15. The molecule has 1 aliphatic heterocycles. The highest BCUT2D eigenvalue weighted by Crippen LogP contribution is 2.28. The van der Waals surface area contributed by atoms with E-state index in [-0.39, 0.29) is 12.5 Å². The van der Waals surface area contributed by atoms with Gasteiger partial charge in [0.05, 0.1) is 0 Å². The molecule has 3 rings (SSSR count). The minimum atomic E-state index is -1.16. The molecule has 2 aromatic rings. The summed E-state index contributed by atoms with van der Waals surface area (Å²) in [5, 5.41) is 5.43. The van der Waals surface area contributed by atoms with Crippen LogP contribution in [0.15, 0.2) is 54.6 Å². The molecule has 1 unspecified atom stereocenters. The zero-order valence-corrected chi connectivity index (χ0v) is 14.8. The Morgan fingerprint density at radius 1 is 1.08 bits per heavy atom. The van der Waals surface area contributed by atoms with Crippen molar-refractivity contribution in [2.24, 2.45) is 0 Å². The maximum Gasteiger partial charge on any atom is 0.325 e. The van der Waals surface area contributed by atoms with Crippen molar-refractivity contribution < 1.29 is 14.4 Å². The standard InChI is InChI=1S/C20H21N3O3/c1-14-8-10-15(11-9-14)12-21-17(24)13-23-18(25)20(2,22-19(23)26)16-6-4-3-5-7-16/h3-11H,12-13H2,1-2H3,(H,21,24)(H,22,26). The minimum Gasteiger partial charge on any atom is -0.350 e. The highest BCUT2D eigenvalue weighted by atomic mass is 16.2. The Balaban J connectivity index is 1.64. The zero-order chi connectivity index (χ0) is 18.7. The van der Waals surface area contributed by atoms with Crippen LogP contribution in [0.1, 0.15) is 23.6 Å². The van der Waals surface area contributed by atoms with Crippen molar-refractivity contribution in [3.05, 3.63) is 71.3 Å². The van der Waals surface area contributed by atoms with Crippen molar-refractivity contribution in [2.75, 3.05) is 6.54 Å². The molecule has 6 heteroatoms. The fourth-order valence-corrected chi connectivity index (χ4v) is 2.91. The van der Waals surface area contributed by atoms with Crippen LogP contribution in [0.3, 0.4) is 0 Å². The summed E-state index contributed by atoms with van der Waals surface area (Å²) in [5.74, 6) is -0.814. The Morgan fingerprint density at radius 3 is 2.38 bits per heavy atom. The summed E-state index contributed by atoms with van der Waals surface area (Å²) in [4.78, 5) is 38.1. The second kappa shape index (κ2) is 7.00. The molecule has 0 saturated carbocycles. The van der Waals surface area contributed by atoms with Crippen molar-refractivity contribution in [1.29, 1.82) is 0 Å². The van der Waals surface area contributed by atoms with Crippen molar-refractivity contribution in [3.63, 3.8) is 0 Å². The molecule has 1 heterocycles. The molecule has 4 amide bonds. The van der Waals surface area contributed by atoms with Gasteiger partial charge in [0, 0.05) is 6.54 Å². The lowest BCUT2D eigenvalue weighted by atomic mass is 9.92. The molecule has 6 nitrogen and oxygen atoms in total. The third-order valence-electron chi connectivity index (χ3n) is 4.54. The lowest BCUT2D eigenvalue weighted by Gasteiger charge is -2.22. The van der Waals surface area contributed by atoms with Gasteiger partial charge < -0.3 is 10.6 Å². The smallest absolute Gasteiger partial charge is 0.325 e. The van der Waals surface area contributed by atoms with Crippen LogP contribution < -0.4 is 10.6 Å². The molecule has 1 fully saturated rings. The maximum atomic E-state index is 12.7. The summed E-state index contributed by atoms with van der Waals surface area (Å²) in [7, 11) is 0. The molecule has 0 bridgehead atoms. The van der Waals surface area contributed by atoms with Crippen molar-refractivity contribution in [2.45, 2.75) is 25.9 Å². The Labute approximate surface area is 152 Å². The molecule has 0 aliphatic carbocycles.